The van der Waals surface area contributed by atoms with E-state index >= 15 is 0 Å². The number of rotatable bonds is 4. The van der Waals surface area contributed by atoms with Crippen molar-refractivity contribution in [2.24, 2.45) is 0 Å². The van der Waals surface area contributed by atoms with E-state index in [1.807, 2.05) is 67.6 Å². The van der Waals surface area contributed by atoms with Crippen molar-refractivity contribution < 1.29 is 9.90 Å². The van der Waals surface area contributed by atoms with Crippen molar-refractivity contribution in [1.82, 2.24) is 9.47 Å². The number of aromatic hydroxyl groups is 1. The highest BCUT2D eigenvalue weighted by Crippen LogP contribution is 2.38. The zero-order valence-corrected chi connectivity index (χ0v) is 15.0. The van der Waals surface area contributed by atoms with Gasteiger partial charge in [-0.25, -0.2) is 0 Å². The maximum absolute atomic E-state index is 12.9. The fourth-order valence-electron chi connectivity index (χ4n) is 3.63. The summed E-state index contributed by atoms with van der Waals surface area (Å²) in [4.78, 5) is 27.1. The number of aromatic nitrogens is 1. The lowest BCUT2D eigenvalue weighted by molar-refractivity contribution is 0.0722. The third kappa shape index (κ3) is 3.01. The molecule has 2 aromatic carbocycles. The van der Waals surface area contributed by atoms with Crippen LogP contribution in [0.3, 0.4) is 0 Å². The number of carbonyl (C=O) groups is 1. The zero-order chi connectivity index (χ0) is 19.0. The monoisotopic (exact) mass is 360 g/mol. The third-order valence-corrected chi connectivity index (χ3v) is 5.08. The molecule has 1 N–H and O–H groups in total. The summed E-state index contributed by atoms with van der Waals surface area (Å²) in [5.74, 6) is -0.349. The van der Waals surface area contributed by atoms with Crippen molar-refractivity contribution in [2.45, 2.75) is 26.1 Å². The fourth-order valence-corrected chi connectivity index (χ4v) is 3.63. The quantitative estimate of drug-likeness (QED) is 0.776. The molecule has 0 saturated heterocycles. The van der Waals surface area contributed by atoms with Gasteiger partial charge in [-0.05, 0) is 18.1 Å². The average molecular weight is 360 g/mol. The molecule has 1 atom stereocenters. The molecule has 0 bridgehead atoms. The van der Waals surface area contributed by atoms with Gasteiger partial charge in [0.1, 0.15) is 0 Å². The molecule has 136 valence electrons. The van der Waals surface area contributed by atoms with Crippen LogP contribution in [-0.2, 0) is 13.1 Å². The minimum atomic E-state index is -0.378. The van der Waals surface area contributed by atoms with Gasteiger partial charge >= 0.3 is 0 Å². The number of fused-ring (bicyclic) bond motifs is 1. The number of benzene rings is 2. The van der Waals surface area contributed by atoms with E-state index < -0.39 is 0 Å². The van der Waals surface area contributed by atoms with Gasteiger partial charge < -0.3 is 10.0 Å². The minimum Gasteiger partial charge on any atom is -0.494 e. The summed E-state index contributed by atoms with van der Waals surface area (Å²) in [6.45, 7) is 2.57. The first kappa shape index (κ1) is 17.1. The lowest BCUT2D eigenvalue weighted by atomic mass is 10.1. The van der Waals surface area contributed by atoms with Crippen LogP contribution >= 0.6 is 0 Å². The van der Waals surface area contributed by atoms with Crippen LogP contribution in [0.2, 0.25) is 0 Å². The molecule has 1 aliphatic rings. The molecule has 0 radical (unpaired) electrons. The third-order valence-electron chi connectivity index (χ3n) is 5.08. The lowest BCUT2D eigenvalue weighted by Gasteiger charge is -2.22. The minimum absolute atomic E-state index is 0.127. The molecule has 1 aromatic heterocycles. The van der Waals surface area contributed by atoms with Crippen molar-refractivity contribution in [3.05, 3.63) is 99.3 Å². The van der Waals surface area contributed by atoms with Gasteiger partial charge in [-0.2, -0.15) is 0 Å². The summed E-state index contributed by atoms with van der Waals surface area (Å²) in [6.07, 6.45) is 0. The summed E-state index contributed by atoms with van der Waals surface area (Å²) < 4.78 is 1.32. The molecule has 4 rings (SSSR count). The summed E-state index contributed by atoms with van der Waals surface area (Å²) in [5.41, 5.74) is 2.35. The van der Waals surface area contributed by atoms with Gasteiger partial charge in [0.25, 0.3) is 11.5 Å². The Morgan fingerprint density at radius 2 is 1.44 bits per heavy atom. The Balaban J connectivity index is 1.72. The Bertz CT molecular complexity index is 1040. The van der Waals surface area contributed by atoms with E-state index in [2.05, 4.69) is 0 Å². The second kappa shape index (κ2) is 6.76. The van der Waals surface area contributed by atoms with Crippen LogP contribution in [0, 0.1) is 0 Å². The molecule has 0 saturated carbocycles. The highest BCUT2D eigenvalue weighted by molar-refractivity contribution is 5.99. The highest BCUT2D eigenvalue weighted by Gasteiger charge is 2.37. The summed E-state index contributed by atoms with van der Waals surface area (Å²) in [5, 5.41) is 10.8. The molecule has 27 heavy (non-hydrogen) atoms. The zero-order valence-electron chi connectivity index (χ0n) is 15.0. The molecule has 1 amide bonds. The van der Waals surface area contributed by atoms with E-state index in [0.29, 0.717) is 17.7 Å². The number of hydrogen-bond acceptors (Lipinski definition) is 3. The standard InChI is InChI=1S/C22H20N2O3/c1-15-20-18(21(26)23(15)13-16-8-4-2-5-9-16)12-19(25)24(22(20)27)14-17-10-6-3-7-11-17/h2-12,15,27H,13-14H2,1H3/t15-/m0/s1. The van der Waals surface area contributed by atoms with Gasteiger partial charge in [-0.1, -0.05) is 60.7 Å². The first-order valence-electron chi connectivity index (χ1n) is 8.92. The smallest absolute Gasteiger partial charge is 0.255 e. The molecule has 0 fully saturated rings. The predicted octanol–water partition coefficient (Wildman–Crippen LogP) is 3.32. The molecular weight excluding hydrogens is 340 g/mol. The van der Waals surface area contributed by atoms with Crippen LogP contribution < -0.4 is 5.56 Å². The number of carbonyl (C=O) groups excluding carboxylic acids is 1. The van der Waals surface area contributed by atoms with Gasteiger partial charge in [0.05, 0.1) is 18.2 Å². The Hall–Kier alpha value is -3.34. The summed E-state index contributed by atoms with van der Waals surface area (Å²) >= 11 is 0. The van der Waals surface area contributed by atoms with E-state index in [1.54, 1.807) is 4.90 Å². The average Bonchev–Trinajstić information content (AvgIpc) is 2.91. The van der Waals surface area contributed by atoms with Crippen LogP contribution in [0.25, 0.3) is 0 Å². The van der Waals surface area contributed by atoms with Crippen LogP contribution in [0.1, 0.15) is 40.0 Å². The first-order valence-corrected chi connectivity index (χ1v) is 8.92. The Labute approximate surface area is 157 Å². The number of nitrogens with zero attached hydrogens (tertiary/aromatic N) is 2. The SMILES string of the molecule is C[C@H]1c2c(cc(=O)n(Cc3ccccc3)c2O)C(=O)N1Cc1ccccc1. The maximum Gasteiger partial charge on any atom is 0.255 e. The second-order valence-electron chi connectivity index (χ2n) is 6.80. The summed E-state index contributed by atoms with van der Waals surface area (Å²) in [7, 11) is 0. The van der Waals surface area contributed by atoms with E-state index in [0.717, 1.165) is 11.1 Å². The van der Waals surface area contributed by atoms with Gasteiger partial charge in [0.15, 0.2) is 5.88 Å². The van der Waals surface area contributed by atoms with Crippen molar-refractivity contribution in [3.8, 4) is 5.88 Å². The van der Waals surface area contributed by atoms with Gasteiger partial charge in [0, 0.05) is 18.2 Å². The van der Waals surface area contributed by atoms with E-state index in [-0.39, 0.29) is 29.9 Å². The van der Waals surface area contributed by atoms with Crippen molar-refractivity contribution in [3.63, 3.8) is 0 Å². The molecule has 1 aliphatic heterocycles. The van der Waals surface area contributed by atoms with Crippen LogP contribution in [0.5, 0.6) is 5.88 Å². The van der Waals surface area contributed by atoms with E-state index in [4.69, 9.17) is 0 Å². The molecule has 0 spiro atoms. The Kier molecular flexibility index (Phi) is 4.28. The topological polar surface area (TPSA) is 62.5 Å². The van der Waals surface area contributed by atoms with E-state index in [9.17, 15) is 14.7 Å². The molecule has 5 heteroatoms. The van der Waals surface area contributed by atoms with Crippen molar-refractivity contribution in [1.29, 1.82) is 0 Å². The molecule has 3 aromatic rings. The maximum atomic E-state index is 12.9. The highest BCUT2D eigenvalue weighted by atomic mass is 16.3. The van der Waals surface area contributed by atoms with Crippen molar-refractivity contribution >= 4 is 5.91 Å². The lowest BCUT2D eigenvalue weighted by Crippen LogP contribution is -2.26. The van der Waals surface area contributed by atoms with Gasteiger partial charge in [-0.15, -0.1) is 0 Å². The van der Waals surface area contributed by atoms with Gasteiger partial charge in [-0.3, -0.25) is 14.2 Å². The van der Waals surface area contributed by atoms with Crippen LogP contribution in [0.15, 0.2) is 71.5 Å². The normalized spacial score (nSPS) is 15.8. The number of hydrogen-bond donors (Lipinski definition) is 1. The van der Waals surface area contributed by atoms with Crippen LogP contribution in [0.4, 0.5) is 0 Å². The molecule has 5 nitrogen and oxygen atoms in total. The second-order valence-corrected chi connectivity index (χ2v) is 6.80. The van der Waals surface area contributed by atoms with Crippen molar-refractivity contribution in [2.75, 3.05) is 0 Å². The van der Waals surface area contributed by atoms with E-state index in [1.165, 1.54) is 10.6 Å². The van der Waals surface area contributed by atoms with Crippen LogP contribution in [-0.4, -0.2) is 20.5 Å². The molecule has 0 unspecified atom stereocenters. The Morgan fingerprint density at radius 3 is 2.04 bits per heavy atom. The largest absolute Gasteiger partial charge is 0.494 e. The molecular formula is C22H20N2O3. The molecule has 2 heterocycles. The van der Waals surface area contributed by atoms with Gasteiger partial charge in [0.2, 0.25) is 0 Å². The Morgan fingerprint density at radius 1 is 0.889 bits per heavy atom. The number of amides is 1. The molecule has 0 aliphatic carbocycles. The number of pyridine rings is 1. The predicted molar refractivity (Wildman–Crippen MR) is 103 cm³/mol. The first-order chi connectivity index (χ1) is 13.1. The fraction of sp³-hybridized carbons (Fsp3) is 0.182. The summed E-state index contributed by atoms with van der Waals surface area (Å²) in [6, 6.07) is 20.2.